The third kappa shape index (κ3) is 2.95. The van der Waals surface area contributed by atoms with Gasteiger partial charge in [-0.1, -0.05) is 18.6 Å². The second-order valence-electron chi connectivity index (χ2n) is 4.44. The Morgan fingerprint density at radius 1 is 1.11 bits per heavy atom. The second kappa shape index (κ2) is 6.36. The van der Waals surface area contributed by atoms with Crippen LogP contribution in [-0.2, 0) is 19.1 Å². The van der Waals surface area contributed by atoms with Gasteiger partial charge in [-0.2, -0.15) is 0 Å². The molecule has 19 heavy (non-hydrogen) atoms. The molecule has 0 spiro atoms. The standard InChI is InChI=1S/C15H20O4/c1-6-9(2)7-8-11-10(3)12(16)14(18-4)15(19-5)13(11)17/h7H,6,8H2,1-5H3. The normalized spacial score (nSPS) is 17.2. The molecule has 0 heterocycles. The Kier molecular flexibility index (Phi) is 5.10. The molecule has 0 unspecified atom stereocenters. The van der Waals surface area contributed by atoms with Gasteiger partial charge in [0.2, 0.25) is 23.1 Å². The summed E-state index contributed by atoms with van der Waals surface area (Å²) in [4.78, 5) is 24.4. The van der Waals surface area contributed by atoms with Crippen LogP contribution in [-0.4, -0.2) is 25.8 Å². The van der Waals surface area contributed by atoms with Gasteiger partial charge in [-0.15, -0.1) is 0 Å². The van der Waals surface area contributed by atoms with E-state index in [0.717, 1.165) is 6.42 Å². The fraction of sp³-hybridized carbons (Fsp3) is 0.467. The lowest BCUT2D eigenvalue weighted by Gasteiger charge is -2.19. The molecule has 0 aliphatic heterocycles. The monoisotopic (exact) mass is 264 g/mol. The number of carbonyl (C=O) groups is 2. The first-order valence-electron chi connectivity index (χ1n) is 6.24. The quantitative estimate of drug-likeness (QED) is 0.566. The zero-order valence-corrected chi connectivity index (χ0v) is 12.1. The van der Waals surface area contributed by atoms with Crippen LogP contribution >= 0.6 is 0 Å². The van der Waals surface area contributed by atoms with E-state index in [2.05, 4.69) is 0 Å². The van der Waals surface area contributed by atoms with Gasteiger partial charge in [0, 0.05) is 11.1 Å². The molecule has 0 N–H and O–H groups in total. The first-order chi connectivity index (χ1) is 8.97. The Morgan fingerprint density at radius 3 is 2.11 bits per heavy atom. The highest BCUT2D eigenvalue weighted by molar-refractivity contribution is 6.23. The van der Waals surface area contributed by atoms with Crippen LogP contribution in [0.25, 0.3) is 0 Å². The number of rotatable bonds is 5. The maximum absolute atomic E-state index is 12.3. The first-order valence-corrected chi connectivity index (χ1v) is 6.24. The Hall–Kier alpha value is -1.84. The molecule has 1 aliphatic carbocycles. The van der Waals surface area contributed by atoms with Crippen LogP contribution in [0.5, 0.6) is 0 Å². The molecule has 104 valence electrons. The number of hydrogen-bond acceptors (Lipinski definition) is 4. The fourth-order valence-corrected chi connectivity index (χ4v) is 1.86. The minimum absolute atomic E-state index is 0.00403. The van der Waals surface area contributed by atoms with Crippen molar-refractivity contribution in [2.45, 2.75) is 33.6 Å². The van der Waals surface area contributed by atoms with Crippen molar-refractivity contribution in [2.24, 2.45) is 0 Å². The summed E-state index contributed by atoms with van der Waals surface area (Å²) in [6.07, 6.45) is 3.33. The Labute approximate surface area is 113 Å². The highest BCUT2D eigenvalue weighted by atomic mass is 16.5. The molecule has 0 aromatic carbocycles. The zero-order valence-electron chi connectivity index (χ0n) is 12.1. The SMILES string of the molecule is CCC(C)=CCC1=C(C)C(=O)C(OC)=C(OC)C1=O. The second-order valence-corrected chi connectivity index (χ2v) is 4.44. The van der Waals surface area contributed by atoms with Gasteiger partial charge < -0.3 is 9.47 Å². The van der Waals surface area contributed by atoms with Crippen LogP contribution in [0.2, 0.25) is 0 Å². The Balaban J connectivity index is 3.17. The van der Waals surface area contributed by atoms with Gasteiger partial charge in [0.25, 0.3) is 0 Å². The Morgan fingerprint density at radius 2 is 1.63 bits per heavy atom. The predicted octanol–water partition coefficient (Wildman–Crippen LogP) is 2.71. The molecular formula is C15H20O4. The third-order valence-electron chi connectivity index (χ3n) is 3.31. The van der Waals surface area contributed by atoms with Crippen molar-refractivity contribution in [2.75, 3.05) is 14.2 Å². The van der Waals surface area contributed by atoms with E-state index in [4.69, 9.17) is 9.47 Å². The summed E-state index contributed by atoms with van der Waals surface area (Å²) in [5.41, 5.74) is 2.10. The maximum Gasteiger partial charge on any atom is 0.228 e. The largest absolute Gasteiger partial charge is 0.489 e. The van der Waals surface area contributed by atoms with E-state index in [1.54, 1.807) is 6.92 Å². The molecule has 0 aromatic heterocycles. The predicted molar refractivity (Wildman–Crippen MR) is 72.4 cm³/mol. The average molecular weight is 264 g/mol. The molecule has 0 saturated heterocycles. The van der Waals surface area contributed by atoms with Crippen molar-refractivity contribution in [3.05, 3.63) is 34.3 Å². The van der Waals surface area contributed by atoms with Gasteiger partial charge >= 0.3 is 0 Å². The lowest BCUT2D eigenvalue weighted by atomic mass is 9.90. The van der Waals surface area contributed by atoms with Crippen LogP contribution in [0, 0.1) is 0 Å². The van der Waals surface area contributed by atoms with E-state index in [9.17, 15) is 9.59 Å². The van der Waals surface area contributed by atoms with Crippen LogP contribution in [0.4, 0.5) is 0 Å². The lowest BCUT2D eigenvalue weighted by molar-refractivity contribution is -0.121. The van der Waals surface area contributed by atoms with Crippen LogP contribution < -0.4 is 0 Å². The highest BCUT2D eigenvalue weighted by Crippen LogP contribution is 2.28. The summed E-state index contributed by atoms with van der Waals surface area (Å²) in [6.45, 7) is 5.69. The maximum atomic E-state index is 12.3. The molecule has 0 saturated carbocycles. The fourth-order valence-electron chi connectivity index (χ4n) is 1.86. The van der Waals surface area contributed by atoms with E-state index in [1.807, 2.05) is 19.9 Å². The molecule has 4 nitrogen and oxygen atoms in total. The molecule has 0 bridgehead atoms. The summed E-state index contributed by atoms with van der Waals surface area (Å²) in [6, 6.07) is 0. The number of ketones is 2. The van der Waals surface area contributed by atoms with Gasteiger partial charge in [0.1, 0.15) is 0 Å². The van der Waals surface area contributed by atoms with Crippen molar-refractivity contribution < 1.29 is 19.1 Å². The summed E-state index contributed by atoms with van der Waals surface area (Å²) in [7, 11) is 2.73. The van der Waals surface area contributed by atoms with Gasteiger partial charge in [0.05, 0.1) is 14.2 Å². The molecule has 4 heteroatoms. The number of ether oxygens (including phenoxy) is 2. The summed E-state index contributed by atoms with van der Waals surface area (Å²) < 4.78 is 10.00. The van der Waals surface area contributed by atoms with E-state index >= 15 is 0 Å². The third-order valence-corrected chi connectivity index (χ3v) is 3.31. The summed E-state index contributed by atoms with van der Waals surface area (Å²) in [5, 5.41) is 0. The molecule has 0 amide bonds. The topological polar surface area (TPSA) is 52.6 Å². The lowest BCUT2D eigenvalue weighted by Crippen LogP contribution is -2.24. The smallest absolute Gasteiger partial charge is 0.228 e. The first kappa shape index (κ1) is 15.2. The van der Waals surface area contributed by atoms with Crippen LogP contribution in [0.1, 0.15) is 33.6 Å². The minimum Gasteiger partial charge on any atom is -0.489 e. The Bertz CT molecular complexity index is 492. The van der Waals surface area contributed by atoms with E-state index in [0.29, 0.717) is 17.6 Å². The molecule has 0 aromatic rings. The average Bonchev–Trinajstić information content (AvgIpc) is 2.41. The minimum atomic E-state index is -0.281. The van der Waals surface area contributed by atoms with Crippen LogP contribution in [0.15, 0.2) is 34.3 Å². The van der Waals surface area contributed by atoms with Crippen molar-refractivity contribution >= 4 is 11.6 Å². The number of Topliss-reactive ketones (excluding diaryl/α,β-unsaturated/α-hetero) is 2. The zero-order chi connectivity index (χ0) is 14.6. The van der Waals surface area contributed by atoms with Gasteiger partial charge in [-0.3, -0.25) is 9.59 Å². The molecule has 0 fully saturated rings. The number of carbonyl (C=O) groups excluding carboxylic acids is 2. The molecule has 1 rings (SSSR count). The van der Waals surface area contributed by atoms with Crippen molar-refractivity contribution in [1.29, 1.82) is 0 Å². The van der Waals surface area contributed by atoms with Crippen molar-refractivity contribution in [1.82, 2.24) is 0 Å². The summed E-state index contributed by atoms with van der Waals surface area (Å²) in [5.74, 6) is -0.561. The van der Waals surface area contributed by atoms with Crippen molar-refractivity contribution in [3.8, 4) is 0 Å². The number of hydrogen-bond donors (Lipinski definition) is 0. The van der Waals surface area contributed by atoms with Crippen molar-refractivity contribution in [3.63, 3.8) is 0 Å². The summed E-state index contributed by atoms with van der Waals surface area (Å²) >= 11 is 0. The van der Waals surface area contributed by atoms with Gasteiger partial charge in [-0.25, -0.2) is 0 Å². The van der Waals surface area contributed by atoms with E-state index in [-0.39, 0.29) is 23.1 Å². The molecular weight excluding hydrogens is 244 g/mol. The number of allylic oxidation sites excluding steroid dienone is 4. The van der Waals surface area contributed by atoms with Gasteiger partial charge in [-0.05, 0) is 26.7 Å². The molecule has 0 radical (unpaired) electrons. The molecule has 0 atom stereocenters. The highest BCUT2D eigenvalue weighted by Gasteiger charge is 2.33. The van der Waals surface area contributed by atoms with E-state index in [1.165, 1.54) is 19.8 Å². The van der Waals surface area contributed by atoms with Crippen LogP contribution in [0.3, 0.4) is 0 Å². The number of methoxy groups -OCH3 is 2. The molecule has 1 aliphatic rings. The van der Waals surface area contributed by atoms with Gasteiger partial charge in [0.15, 0.2) is 0 Å². The van der Waals surface area contributed by atoms with E-state index < -0.39 is 0 Å².